The number of anilines is 1. The fourth-order valence-electron chi connectivity index (χ4n) is 3.03. The predicted molar refractivity (Wildman–Crippen MR) is 104 cm³/mol. The molecule has 0 aliphatic rings. The maximum absolute atomic E-state index is 13.4. The molecule has 4 heterocycles. The number of nitrogens with zero attached hydrogens (tertiary/aromatic N) is 3. The van der Waals surface area contributed by atoms with Crippen LogP contribution >= 0.6 is 11.3 Å². The third-order valence-corrected chi connectivity index (χ3v) is 5.07. The van der Waals surface area contributed by atoms with Crippen LogP contribution in [0.2, 0.25) is 0 Å². The third-order valence-electron chi connectivity index (χ3n) is 4.31. The molecule has 28 heavy (non-hydrogen) atoms. The number of hydrogen-bond acceptors (Lipinski definition) is 6. The Bertz CT molecular complexity index is 1320. The van der Waals surface area contributed by atoms with Crippen LogP contribution in [0.5, 0.6) is 0 Å². The van der Waals surface area contributed by atoms with Gasteiger partial charge in [-0.3, -0.25) is 4.79 Å². The minimum Gasteiger partial charge on any atom is -0.356 e. The average Bonchev–Trinajstić information content (AvgIpc) is 3.40. The summed E-state index contributed by atoms with van der Waals surface area (Å²) in [5.41, 5.74) is 3.26. The summed E-state index contributed by atoms with van der Waals surface area (Å²) in [6.07, 6.45) is 3.52. The number of nitrogens with one attached hydrogen (secondary N) is 2. The van der Waals surface area contributed by atoms with Crippen molar-refractivity contribution in [1.82, 2.24) is 20.1 Å². The molecule has 4 aromatic heterocycles. The normalized spacial score (nSPS) is 11.3. The van der Waals surface area contributed by atoms with E-state index >= 15 is 0 Å². The summed E-state index contributed by atoms with van der Waals surface area (Å²) in [5.74, 6) is -0.712. The van der Waals surface area contributed by atoms with Crippen LogP contribution in [0.15, 0.2) is 52.6 Å². The third kappa shape index (κ3) is 2.91. The van der Waals surface area contributed by atoms with Gasteiger partial charge in [0.05, 0.1) is 12.1 Å². The molecule has 138 valence electrons. The predicted octanol–water partition coefficient (Wildman–Crippen LogP) is 4.15. The molecule has 5 aromatic rings. The second-order valence-corrected chi connectivity index (χ2v) is 6.99. The molecule has 1 aromatic carbocycles. The number of halogens is 1. The van der Waals surface area contributed by atoms with Crippen molar-refractivity contribution in [3.8, 4) is 11.3 Å². The number of carbonyl (C=O) groups is 1. The van der Waals surface area contributed by atoms with Crippen molar-refractivity contribution in [2.45, 2.75) is 6.42 Å². The van der Waals surface area contributed by atoms with Gasteiger partial charge in [-0.15, -0.1) is 11.3 Å². The van der Waals surface area contributed by atoms with Gasteiger partial charge in [0, 0.05) is 34.1 Å². The maximum atomic E-state index is 13.4. The van der Waals surface area contributed by atoms with Gasteiger partial charge in [0.25, 0.3) is 0 Å². The number of thiazole rings is 1. The van der Waals surface area contributed by atoms with Gasteiger partial charge in [0.2, 0.25) is 5.91 Å². The topological polar surface area (TPSA) is 96.7 Å². The molecule has 7 nitrogen and oxygen atoms in total. The Labute approximate surface area is 161 Å². The van der Waals surface area contributed by atoms with Gasteiger partial charge in [-0.2, -0.15) is 0 Å². The van der Waals surface area contributed by atoms with Gasteiger partial charge in [-0.1, -0.05) is 5.16 Å². The molecule has 1 amide bonds. The van der Waals surface area contributed by atoms with Gasteiger partial charge in [-0.05, 0) is 30.3 Å². The number of H-pyrrole nitrogens is 1. The SMILES string of the molecule is O=C(Cc1noc2ccc(F)cc12)Nc1nc(-c2c[nH]c3ncccc23)cs1. The van der Waals surface area contributed by atoms with Crippen LogP contribution in [0.3, 0.4) is 0 Å². The Kier molecular flexibility index (Phi) is 3.87. The largest absolute Gasteiger partial charge is 0.356 e. The van der Waals surface area contributed by atoms with Crippen LogP contribution in [0.1, 0.15) is 5.69 Å². The number of fused-ring (bicyclic) bond motifs is 2. The molecule has 0 aliphatic carbocycles. The lowest BCUT2D eigenvalue weighted by Gasteiger charge is -1.99. The van der Waals surface area contributed by atoms with Gasteiger partial charge in [-0.25, -0.2) is 14.4 Å². The van der Waals surface area contributed by atoms with E-state index in [9.17, 15) is 9.18 Å². The fourth-order valence-corrected chi connectivity index (χ4v) is 3.75. The number of rotatable bonds is 4. The van der Waals surface area contributed by atoms with Crippen LogP contribution in [0, 0.1) is 5.82 Å². The first-order valence-corrected chi connectivity index (χ1v) is 9.27. The highest BCUT2D eigenvalue weighted by atomic mass is 32.1. The smallest absolute Gasteiger partial charge is 0.232 e. The van der Waals surface area contributed by atoms with Crippen molar-refractivity contribution in [2.24, 2.45) is 0 Å². The average molecular weight is 393 g/mol. The first-order valence-electron chi connectivity index (χ1n) is 8.39. The van der Waals surface area contributed by atoms with E-state index in [1.165, 1.54) is 29.5 Å². The fraction of sp³-hybridized carbons (Fsp3) is 0.0526. The zero-order valence-electron chi connectivity index (χ0n) is 14.3. The molecule has 0 saturated carbocycles. The van der Waals surface area contributed by atoms with Gasteiger partial charge >= 0.3 is 0 Å². The lowest BCUT2D eigenvalue weighted by Crippen LogP contribution is -2.14. The molecular formula is C19H12FN5O2S. The standard InChI is InChI=1S/C19H12FN5O2S/c20-10-3-4-16-12(6-10)14(25-27-16)7-17(26)24-19-23-15(9-28-19)13-8-22-18-11(13)2-1-5-21-18/h1-6,8-9H,7H2,(H,21,22)(H,23,24,26). The summed E-state index contributed by atoms with van der Waals surface area (Å²) in [7, 11) is 0. The van der Waals surface area contributed by atoms with Crippen molar-refractivity contribution < 1.29 is 13.7 Å². The molecule has 2 N–H and O–H groups in total. The molecule has 5 rings (SSSR count). The van der Waals surface area contributed by atoms with E-state index in [2.05, 4.69) is 25.4 Å². The Morgan fingerprint density at radius 3 is 3.14 bits per heavy atom. The molecule has 0 fully saturated rings. The monoisotopic (exact) mass is 393 g/mol. The number of aromatic nitrogens is 4. The second-order valence-electron chi connectivity index (χ2n) is 6.13. The van der Waals surface area contributed by atoms with Crippen LogP contribution < -0.4 is 5.32 Å². The summed E-state index contributed by atoms with van der Waals surface area (Å²) < 4.78 is 18.6. The number of benzene rings is 1. The molecular weight excluding hydrogens is 381 g/mol. The Morgan fingerprint density at radius 1 is 1.29 bits per heavy atom. The quantitative estimate of drug-likeness (QED) is 0.478. The van der Waals surface area contributed by atoms with Gasteiger partial charge < -0.3 is 14.8 Å². The Morgan fingerprint density at radius 2 is 2.21 bits per heavy atom. The van der Waals surface area contributed by atoms with Crippen LogP contribution in [0.4, 0.5) is 9.52 Å². The number of aromatic amines is 1. The van der Waals surface area contributed by atoms with Crippen molar-refractivity contribution in [2.75, 3.05) is 5.32 Å². The summed E-state index contributed by atoms with van der Waals surface area (Å²) in [5, 5.41) is 10.4. The minimum atomic E-state index is -0.407. The zero-order valence-corrected chi connectivity index (χ0v) is 15.1. The van der Waals surface area contributed by atoms with Crippen LogP contribution in [-0.2, 0) is 11.2 Å². The lowest BCUT2D eigenvalue weighted by atomic mass is 10.1. The summed E-state index contributed by atoms with van der Waals surface area (Å²) >= 11 is 1.32. The highest BCUT2D eigenvalue weighted by molar-refractivity contribution is 7.14. The molecule has 0 saturated heterocycles. The molecule has 0 bridgehead atoms. The van der Waals surface area contributed by atoms with E-state index in [0.29, 0.717) is 21.8 Å². The second kappa shape index (κ2) is 6.54. The zero-order chi connectivity index (χ0) is 19.1. The first-order chi connectivity index (χ1) is 13.7. The number of hydrogen-bond donors (Lipinski definition) is 2. The van der Waals surface area contributed by atoms with E-state index in [1.54, 1.807) is 6.20 Å². The van der Waals surface area contributed by atoms with Crippen molar-refractivity contribution in [1.29, 1.82) is 0 Å². The minimum absolute atomic E-state index is 0.0393. The molecule has 0 atom stereocenters. The highest BCUT2D eigenvalue weighted by Gasteiger charge is 2.16. The maximum Gasteiger partial charge on any atom is 0.232 e. The Balaban J connectivity index is 1.35. The summed E-state index contributed by atoms with van der Waals surface area (Å²) in [6, 6.07) is 7.90. The summed E-state index contributed by atoms with van der Waals surface area (Å²) in [4.78, 5) is 24.2. The van der Waals surface area contributed by atoms with E-state index in [1.807, 2.05) is 23.7 Å². The number of amides is 1. The molecule has 0 radical (unpaired) electrons. The highest BCUT2D eigenvalue weighted by Crippen LogP contribution is 2.30. The van der Waals surface area contributed by atoms with Crippen LogP contribution in [-0.4, -0.2) is 26.0 Å². The lowest BCUT2D eigenvalue weighted by molar-refractivity contribution is -0.115. The molecule has 9 heteroatoms. The van der Waals surface area contributed by atoms with Gasteiger partial charge in [0.1, 0.15) is 17.2 Å². The number of pyridine rings is 1. The molecule has 0 spiro atoms. The molecule has 0 aliphatic heterocycles. The number of carbonyl (C=O) groups excluding carboxylic acids is 1. The van der Waals surface area contributed by atoms with E-state index in [-0.39, 0.29) is 12.3 Å². The van der Waals surface area contributed by atoms with Gasteiger partial charge in [0.15, 0.2) is 10.7 Å². The van der Waals surface area contributed by atoms with Crippen molar-refractivity contribution in [3.05, 3.63) is 59.6 Å². The van der Waals surface area contributed by atoms with E-state index in [0.717, 1.165) is 22.3 Å². The van der Waals surface area contributed by atoms with Crippen LogP contribution in [0.25, 0.3) is 33.3 Å². The van der Waals surface area contributed by atoms with E-state index in [4.69, 9.17) is 4.52 Å². The first kappa shape index (κ1) is 16.6. The summed E-state index contributed by atoms with van der Waals surface area (Å²) in [6.45, 7) is 0. The Hall–Kier alpha value is -3.59. The molecule has 0 unspecified atom stereocenters. The van der Waals surface area contributed by atoms with Crippen molar-refractivity contribution >= 4 is 44.4 Å². The van der Waals surface area contributed by atoms with E-state index < -0.39 is 5.82 Å². The van der Waals surface area contributed by atoms with Crippen molar-refractivity contribution in [3.63, 3.8) is 0 Å².